The highest BCUT2D eigenvalue weighted by molar-refractivity contribution is 9.10. The molecule has 3 rings (SSSR count). The van der Waals surface area contributed by atoms with Crippen molar-refractivity contribution in [1.82, 2.24) is 9.38 Å². The van der Waals surface area contributed by atoms with Crippen LogP contribution in [-0.4, -0.2) is 9.38 Å². The van der Waals surface area contributed by atoms with Crippen molar-refractivity contribution >= 4 is 21.4 Å². The predicted octanol–water partition coefficient (Wildman–Crippen LogP) is 4.33. The molecule has 0 unspecified atom stereocenters. The van der Waals surface area contributed by atoms with Crippen molar-refractivity contribution in [2.45, 2.75) is 19.8 Å². The molecule has 0 radical (unpaired) electrons. The first-order valence-corrected chi connectivity index (χ1v) is 7.31. The minimum absolute atomic E-state index is 0.187. The third-order valence-corrected chi connectivity index (χ3v) is 3.99. The Balaban J connectivity index is 1.92. The van der Waals surface area contributed by atoms with Gasteiger partial charge in [0.05, 0.1) is 5.52 Å². The number of halogens is 2. The second-order valence-electron chi connectivity index (χ2n) is 4.84. The molecular weight excluding hydrogens is 319 g/mol. The van der Waals surface area contributed by atoms with E-state index in [1.807, 2.05) is 18.2 Å². The van der Waals surface area contributed by atoms with Gasteiger partial charge in [-0.3, -0.25) is 4.40 Å². The van der Waals surface area contributed by atoms with Gasteiger partial charge >= 0.3 is 0 Å². The van der Waals surface area contributed by atoms with E-state index in [0.717, 1.165) is 40.0 Å². The van der Waals surface area contributed by atoms with Crippen molar-refractivity contribution in [2.75, 3.05) is 0 Å². The van der Waals surface area contributed by atoms with Gasteiger partial charge in [0.1, 0.15) is 16.2 Å². The van der Waals surface area contributed by atoms with Gasteiger partial charge in [0.15, 0.2) is 0 Å². The Morgan fingerprint density at radius 1 is 1.15 bits per heavy atom. The monoisotopic (exact) mass is 332 g/mol. The largest absolute Gasteiger partial charge is 0.300 e. The summed E-state index contributed by atoms with van der Waals surface area (Å²) < 4.78 is 16.2. The van der Waals surface area contributed by atoms with Gasteiger partial charge in [0.25, 0.3) is 0 Å². The van der Waals surface area contributed by atoms with Crippen LogP contribution in [0.1, 0.15) is 17.1 Å². The molecular formula is C16H14BrFN2. The standard InChI is InChI=1S/C16H14BrFN2/c1-11-4-2-7-14-16(17)19-15(20(11)14)9-8-12-5-3-6-13(18)10-12/h2-7,10H,8-9H2,1H3. The summed E-state index contributed by atoms with van der Waals surface area (Å²) in [5.41, 5.74) is 3.21. The Labute approximate surface area is 125 Å². The summed E-state index contributed by atoms with van der Waals surface area (Å²) in [5.74, 6) is 0.807. The lowest BCUT2D eigenvalue weighted by atomic mass is 10.1. The molecule has 0 aliphatic rings. The molecule has 0 N–H and O–H groups in total. The first-order chi connectivity index (χ1) is 9.65. The smallest absolute Gasteiger partial charge is 0.132 e. The van der Waals surface area contributed by atoms with Gasteiger partial charge in [-0.1, -0.05) is 18.2 Å². The van der Waals surface area contributed by atoms with Gasteiger partial charge in [-0.05, 0) is 59.1 Å². The molecule has 0 fully saturated rings. The van der Waals surface area contributed by atoms with Crippen molar-refractivity contribution in [3.8, 4) is 0 Å². The Morgan fingerprint density at radius 3 is 2.75 bits per heavy atom. The van der Waals surface area contributed by atoms with Crippen LogP contribution in [0, 0.1) is 12.7 Å². The van der Waals surface area contributed by atoms with Crippen LogP contribution in [0.15, 0.2) is 47.1 Å². The summed E-state index contributed by atoms with van der Waals surface area (Å²) in [6, 6.07) is 12.9. The lowest BCUT2D eigenvalue weighted by molar-refractivity contribution is 0.625. The van der Waals surface area contributed by atoms with Gasteiger partial charge in [-0.15, -0.1) is 0 Å². The average molecular weight is 333 g/mol. The number of aryl methyl sites for hydroxylation is 3. The fraction of sp³-hybridized carbons (Fsp3) is 0.188. The number of hydrogen-bond donors (Lipinski definition) is 0. The molecule has 0 aliphatic carbocycles. The van der Waals surface area contributed by atoms with Crippen molar-refractivity contribution in [1.29, 1.82) is 0 Å². The van der Waals surface area contributed by atoms with E-state index in [9.17, 15) is 4.39 Å². The first kappa shape index (κ1) is 13.3. The third-order valence-electron chi connectivity index (χ3n) is 3.41. The van der Waals surface area contributed by atoms with E-state index in [-0.39, 0.29) is 5.82 Å². The second kappa shape index (κ2) is 5.37. The fourth-order valence-corrected chi connectivity index (χ4v) is 2.97. The molecule has 3 aromatic rings. The summed E-state index contributed by atoms with van der Waals surface area (Å²) in [7, 11) is 0. The normalized spacial score (nSPS) is 11.2. The van der Waals surface area contributed by atoms with E-state index < -0.39 is 0 Å². The highest BCUT2D eigenvalue weighted by atomic mass is 79.9. The molecule has 0 aliphatic heterocycles. The lowest BCUT2D eigenvalue weighted by Crippen LogP contribution is -2.00. The zero-order chi connectivity index (χ0) is 14.1. The van der Waals surface area contributed by atoms with E-state index in [4.69, 9.17) is 0 Å². The number of pyridine rings is 1. The van der Waals surface area contributed by atoms with E-state index in [0.29, 0.717) is 0 Å². The van der Waals surface area contributed by atoms with Crippen LogP contribution in [0.5, 0.6) is 0 Å². The zero-order valence-corrected chi connectivity index (χ0v) is 12.7. The molecule has 0 atom stereocenters. The molecule has 4 heteroatoms. The van der Waals surface area contributed by atoms with Crippen molar-refractivity contribution < 1.29 is 4.39 Å². The van der Waals surface area contributed by atoms with Gasteiger partial charge in [0.2, 0.25) is 0 Å². The molecule has 0 saturated heterocycles. The van der Waals surface area contributed by atoms with Crippen molar-refractivity contribution in [2.24, 2.45) is 0 Å². The summed E-state index contributed by atoms with van der Waals surface area (Å²) in [5, 5.41) is 0. The van der Waals surface area contributed by atoms with E-state index in [1.165, 1.54) is 6.07 Å². The fourth-order valence-electron chi connectivity index (χ4n) is 2.46. The summed E-state index contributed by atoms with van der Waals surface area (Å²) in [6.07, 6.45) is 1.55. The molecule has 2 nitrogen and oxygen atoms in total. The van der Waals surface area contributed by atoms with Crippen LogP contribution in [0.3, 0.4) is 0 Å². The van der Waals surface area contributed by atoms with Crippen LogP contribution in [0.4, 0.5) is 4.39 Å². The predicted molar refractivity (Wildman–Crippen MR) is 81.4 cm³/mol. The topological polar surface area (TPSA) is 17.3 Å². The molecule has 0 spiro atoms. The molecule has 0 bridgehead atoms. The van der Waals surface area contributed by atoms with Crippen LogP contribution in [0.2, 0.25) is 0 Å². The molecule has 2 heterocycles. The summed E-state index contributed by atoms with van der Waals surface area (Å²) in [6.45, 7) is 2.06. The number of imidazole rings is 1. The Kier molecular flexibility index (Phi) is 3.57. The quantitative estimate of drug-likeness (QED) is 0.697. The van der Waals surface area contributed by atoms with Gasteiger partial charge in [-0.25, -0.2) is 9.37 Å². The average Bonchev–Trinajstić information content (AvgIpc) is 2.75. The Hall–Kier alpha value is -1.68. The first-order valence-electron chi connectivity index (χ1n) is 6.52. The van der Waals surface area contributed by atoms with Gasteiger partial charge in [-0.2, -0.15) is 0 Å². The second-order valence-corrected chi connectivity index (χ2v) is 5.59. The minimum atomic E-state index is -0.187. The maximum Gasteiger partial charge on any atom is 0.132 e. The van der Waals surface area contributed by atoms with Crippen molar-refractivity contribution in [3.05, 3.63) is 70.0 Å². The van der Waals surface area contributed by atoms with Crippen LogP contribution in [0.25, 0.3) is 5.52 Å². The number of aromatic nitrogens is 2. The number of hydrogen-bond acceptors (Lipinski definition) is 1. The maximum atomic E-state index is 13.2. The zero-order valence-electron chi connectivity index (χ0n) is 11.1. The highest BCUT2D eigenvalue weighted by Crippen LogP contribution is 2.21. The van der Waals surface area contributed by atoms with Crippen LogP contribution >= 0.6 is 15.9 Å². The molecule has 20 heavy (non-hydrogen) atoms. The van der Waals surface area contributed by atoms with E-state index in [1.54, 1.807) is 12.1 Å². The van der Waals surface area contributed by atoms with Crippen LogP contribution in [-0.2, 0) is 12.8 Å². The van der Waals surface area contributed by atoms with Crippen LogP contribution < -0.4 is 0 Å². The molecule has 1 aromatic carbocycles. The Bertz CT molecular complexity index is 764. The molecule has 102 valence electrons. The van der Waals surface area contributed by atoms with Gasteiger partial charge < -0.3 is 0 Å². The molecule has 2 aromatic heterocycles. The number of fused-ring (bicyclic) bond motifs is 1. The van der Waals surface area contributed by atoms with E-state index in [2.05, 4.69) is 38.3 Å². The van der Waals surface area contributed by atoms with Crippen molar-refractivity contribution in [3.63, 3.8) is 0 Å². The summed E-state index contributed by atoms with van der Waals surface area (Å²) in [4.78, 5) is 4.57. The molecule has 0 saturated carbocycles. The third kappa shape index (κ3) is 2.48. The minimum Gasteiger partial charge on any atom is -0.300 e. The number of benzene rings is 1. The number of rotatable bonds is 3. The highest BCUT2D eigenvalue weighted by Gasteiger charge is 2.10. The van der Waals surface area contributed by atoms with Gasteiger partial charge in [0, 0.05) is 12.1 Å². The lowest BCUT2D eigenvalue weighted by Gasteiger charge is -2.05. The Morgan fingerprint density at radius 2 is 1.95 bits per heavy atom. The number of nitrogens with zero attached hydrogens (tertiary/aromatic N) is 2. The SMILES string of the molecule is Cc1cccc2c(Br)nc(CCc3cccc(F)c3)n12. The molecule has 0 amide bonds. The maximum absolute atomic E-state index is 13.2. The summed E-state index contributed by atoms with van der Waals surface area (Å²) >= 11 is 3.50. The van der Waals surface area contributed by atoms with E-state index >= 15 is 0 Å².